The van der Waals surface area contributed by atoms with E-state index in [0.717, 1.165) is 12.1 Å². The van der Waals surface area contributed by atoms with Crippen LogP contribution in [0.3, 0.4) is 0 Å². The lowest BCUT2D eigenvalue weighted by molar-refractivity contribution is -0.138. The van der Waals surface area contributed by atoms with Gasteiger partial charge in [-0.05, 0) is 29.7 Å². The highest BCUT2D eigenvalue weighted by molar-refractivity contribution is 5.79. The van der Waals surface area contributed by atoms with E-state index in [9.17, 15) is 23.5 Å². The van der Waals surface area contributed by atoms with Crippen molar-refractivity contribution in [3.63, 3.8) is 0 Å². The molecule has 0 radical (unpaired) electrons. The number of carboxylic acids is 1. The highest BCUT2D eigenvalue weighted by Crippen LogP contribution is 2.15. The van der Waals surface area contributed by atoms with Crippen LogP contribution in [0.25, 0.3) is 0 Å². The van der Waals surface area contributed by atoms with Crippen LogP contribution in [0, 0.1) is 11.6 Å². The van der Waals surface area contributed by atoms with Gasteiger partial charge in [0.15, 0.2) is 11.6 Å². The number of nitrogens with one attached hydrogen (secondary N) is 1. The maximum atomic E-state index is 13.1. The van der Waals surface area contributed by atoms with Crippen molar-refractivity contribution in [2.24, 2.45) is 0 Å². The first-order valence-corrected chi connectivity index (χ1v) is 7.45. The third-order valence-corrected chi connectivity index (χ3v) is 3.63. The van der Waals surface area contributed by atoms with E-state index in [4.69, 9.17) is 0 Å². The van der Waals surface area contributed by atoms with Crippen LogP contribution in [0.1, 0.15) is 23.5 Å². The normalized spacial score (nSPS) is 11.8. The van der Waals surface area contributed by atoms with Crippen molar-refractivity contribution >= 4 is 11.9 Å². The summed E-state index contributed by atoms with van der Waals surface area (Å²) in [6, 6.07) is 12.1. The highest BCUT2D eigenvalue weighted by atomic mass is 19.2. The van der Waals surface area contributed by atoms with Crippen LogP contribution >= 0.6 is 0 Å². The van der Waals surface area contributed by atoms with Crippen molar-refractivity contribution in [2.45, 2.75) is 18.8 Å². The Morgan fingerprint density at radius 3 is 2.38 bits per heavy atom. The van der Waals surface area contributed by atoms with Crippen LogP contribution < -0.4 is 5.32 Å². The molecule has 0 saturated heterocycles. The van der Waals surface area contributed by atoms with Gasteiger partial charge in [-0.25, -0.2) is 8.78 Å². The van der Waals surface area contributed by atoms with Gasteiger partial charge in [-0.15, -0.1) is 0 Å². The molecule has 0 fully saturated rings. The average molecular weight is 333 g/mol. The minimum absolute atomic E-state index is 0.0318. The third kappa shape index (κ3) is 4.87. The molecule has 0 unspecified atom stereocenters. The predicted octanol–water partition coefficient (Wildman–Crippen LogP) is 2.88. The van der Waals surface area contributed by atoms with Gasteiger partial charge in [-0.3, -0.25) is 9.59 Å². The number of carboxylic acid groups (broad SMARTS) is 1. The molecule has 0 aliphatic carbocycles. The molecule has 2 N–H and O–H groups in total. The summed E-state index contributed by atoms with van der Waals surface area (Å²) in [6.45, 7) is -0.0318. The maximum absolute atomic E-state index is 13.1. The highest BCUT2D eigenvalue weighted by Gasteiger charge is 2.20. The second-order valence-electron chi connectivity index (χ2n) is 5.35. The number of aryl methyl sites for hydroxylation is 1. The second kappa shape index (κ2) is 8.19. The van der Waals surface area contributed by atoms with Gasteiger partial charge in [0.1, 0.15) is 0 Å². The zero-order valence-corrected chi connectivity index (χ0v) is 12.8. The van der Waals surface area contributed by atoms with Crippen molar-refractivity contribution < 1.29 is 23.5 Å². The first-order chi connectivity index (χ1) is 11.5. The number of carbonyl (C=O) groups is 2. The largest absolute Gasteiger partial charge is 0.481 e. The van der Waals surface area contributed by atoms with Gasteiger partial charge in [-0.1, -0.05) is 36.4 Å². The number of halogens is 2. The maximum Gasteiger partial charge on any atom is 0.312 e. The summed E-state index contributed by atoms with van der Waals surface area (Å²) < 4.78 is 25.9. The van der Waals surface area contributed by atoms with Gasteiger partial charge in [0.25, 0.3) is 0 Å². The standard InChI is InChI=1S/C18H17F2NO3/c19-15-8-6-12(10-16(15)20)7-9-17(22)21-11-14(18(23)24)13-4-2-1-3-5-13/h1-6,8,10,14H,7,9,11H2,(H,21,22)(H,23,24)/t14-/m0/s1. The van der Waals surface area contributed by atoms with Crippen molar-refractivity contribution in [3.05, 3.63) is 71.3 Å². The minimum atomic E-state index is -1.03. The molecule has 2 aromatic carbocycles. The van der Waals surface area contributed by atoms with Gasteiger partial charge in [-0.2, -0.15) is 0 Å². The van der Waals surface area contributed by atoms with Gasteiger partial charge in [0, 0.05) is 13.0 Å². The molecule has 6 heteroatoms. The monoisotopic (exact) mass is 333 g/mol. The Morgan fingerprint density at radius 2 is 1.75 bits per heavy atom. The molecular formula is C18H17F2NO3. The van der Waals surface area contributed by atoms with Crippen LogP contribution in [0.4, 0.5) is 8.78 Å². The van der Waals surface area contributed by atoms with Crippen LogP contribution in [-0.4, -0.2) is 23.5 Å². The summed E-state index contributed by atoms with van der Waals surface area (Å²) in [5.41, 5.74) is 1.10. The van der Waals surface area contributed by atoms with Crippen molar-refractivity contribution in [2.75, 3.05) is 6.54 Å². The number of amides is 1. The van der Waals surface area contributed by atoms with Crippen LogP contribution in [0.2, 0.25) is 0 Å². The van der Waals surface area contributed by atoms with Crippen molar-refractivity contribution in [3.8, 4) is 0 Å². The predicted molar refractivity (Wildman–Crippen MR) is 84.5 cm³/mol. The molecule has 1 atom stereocenters. The SMILES string of the molecule is O=C(CCc1ccc(F)c(F)c1)NC[C@H](C(=O)O)c1ccccc1. The summed E-state index contributed by atoms with van der Waals surface area (Å²) in [4.78, 5) is 23.2. The quantitative estimate of drug-likeness (QED) is 0.819. The Hall–Kier alpha value is -2.76. The Bertz CT molecular complexity index is 719. The second-order valence-corrected chi connectivity index (χ2v) is 5.35. The summed E-state index contributed by atoms with van der Waals surface area (Å²) in [6.07, 6.45) is 0.304. The lowest BCUT2D eigenvalue weighted by Crippen LogP contribution is -2.31. The molecule has 2 rings (SSSR count). The lowest BCUT2D eigenvalue weighted by Gasteiger charge is -2.13. The molecule has 0 aliphatic rings. The fourth-order valence-corrected chi connectivity index (χ4v) is 2.29. The van der Waals surface area contributed by atoms with Gasteiger partial charge in [0.2, 0.25) is 5.91 Å². The van der Waals surface area contributed by atoms with Gasteiger partial charge >= 0.3 is 5.97 Å². The molecule has 0 aromatic heterocycles. The Labute approximate surface area is 138 Å². The molecule has 0 bridgehead atoms. The molecule has 0 aliphatic heterocycles. The van der Waals surface area contributed by atoms with E-state index in [-0.39, 0.29) is 25.3 Å². The number of aliphatic carboxylic acids is 1. The zero-order chi connectivity index (χ0) is 17.5. The van der Waals surface area contributed by atoms with E-state index in [1.165, 1.54) is 6.07 Å². The molecule has 2 aromatic rings. The average Bonchev–Trinajstić information content (AvgIpc) is 2.57. The third-order valence-electron chi connectivity index (χ3n) is 3.63. The molecule has 1 amide bonds. The van der Waals surface area contributed by atoms with Gasteiger partial charge < -0.3 is 10.4 Å². The molecule has 0 spiro atoms. The minimum Gasteiger partial charge on any atom is -0.481 e. The van der Waals surface area contributed by atoms with E-state index in [1.54, 1.807) is 30.3 Å². The van der Waals surface area contributed by atoms with Gasteiger partial charge in [0.05, 0.1) is 5.92 Å². The number of benzene rings is 2. The van der Waals surface area contributed by atoms with E-state index in [0.29, 0.717) is 11.1 Å². The smallest absolute Gasteiger partial charge is 0.312 e. The Balaban J connectivity index is 1.87. The summed E-state index contributed by atoms with van der Waals surface area (Å²) >= 11 is 0. The first kappa shape index (κ1) is 17.6. The summed E-state index contributed by atoms with van der Waals surface area (Å²) in [7, 11) is 0. The van der Waals surface area contributed by atoms with E-state index >= 15 is 0 Å². The Morgan fingerprint density at radius 1 is 1.04 bits per heavy atom. The molecule has 0 heterocycles. The number of hydrogen-bond donors (Lipinski definition) is 2. The molecule has 126 valence electrons. The zero-order valence-electron chi connectivity index (χ0n) is 12.8. The van der Waals surface area contributed by atoms with E-state index < -0.39 is 23.5 Å². The fourth-order valence-electron chi connectivity index (χ4n) is 2.29. The van der Waals surface area contributed by atoms with Crippen molar-refractivity contribution in [1.82, 2.24) is 5.32 Å². The topological polar surface area (TPSA) is 66.4 Å². The molecule has 0 saturated carbocycles. The Kier molecular flexibility index (Phi) is 6.01. The number of rotatable bonds is 7. The summed E-state index contributed by atoms with van der Waals surface area (Å²) in [5, 5.41) is 11.8. The lowest BCUT2D eigenvalue weighted by atomic mass is 9.99. The molecule has 24 heavy (non-hydrogen) atoms. The number of carbonyl (C=O) groups excluding carboxylic acids is 1. The first-order valence-electron chi connectivity index (χ1n) is 7.45. The fraction of sp³-hybridized carbons (Fsp3) is 0.222. The van der Waals surface area contributed by atoms with E-state index in [1.807, 2.05) is 0 Å². The van der Waals surface area contributed by atoms with Crippen LogP contribution in [0.15, 0.2) is 48.5 Å². The molecular weight excluding hydrogens is 316 g/mol. The molecule has 4 nitrogen and oxygen atoms in total. The van der Waals surface area contributed by atoms with Crippen LogP contribution in [-0.2, 0) is 16.0 Å². The van der Waals surface area contributed by atoms with Crippen LogP contribution in [0.5, 0.6) is 0 Å². The number of hydrogen-bond acceptors (Lipinski definition) is 2. The van der Waals surface area contributed by atoms with Crippen molar-refractivity contribution in [1.29, 1.82) is 0 Å². The van der Waals surface area contributed by atoms with E-state index in [2.05, 4.69) is 5.32 Å². The summed E-state index contributed by atoms with van der Waals surface area (Å²) in [5.74, 6) is -4.10.